The van der Waals surface area contributed by atoms with E-state index in [2.05, 4.69) is 17.9 Å². The molecule has 0 spiro atoms. The van der Waals surface area contributed by atoms with Crippen LogP contribution >= 0.6 is 0 Å². The molecule has 0 atom stereocenters. The van der Waals surface area contributed by atoms with Crippen LogP contribution in [-0.4, -0.2) is 11.1 Å². The van der Waals surface area contributed by atoms with Gasteiger partial charge in [-0.15, -0.1) is 12.3 Å². The predicted molar refractivity (Wildman–Crippen MR) is 68.7 cm³/mol. The molecule has 18 heavy (non-hydrogen) atoms. The average molecular weight is 242 g/mol. The minimum Gasteiger partial charge on any atom is -0.508 e. The Bertz CT molecular complexity index is 527. The first-order chi connectivity index (χ1) is 8.69. The Morgan fingerprint density at radius 2 is 2.28 bits per heavy atom. The maximum absolute atomic E-state index is 11.7. The SMILES string of the molecule is C#CCc1cc(O)ccc1C(=O)OC#CCCC. The zero-order valence-corrected chi connectivity index (χ0v) is 10.2. The summed E-state index contributed by atoms with van der Waals surface area (Å²) in [5.41, 5.74) is 0.885. The Hall–Kier alpha value is -2.39. The molecular weight excluding hydrogens is 228 g/mol. The molecule has 3 heteroatoms. The van der Waals surface area contributed by atoms with Crippen molar-refractivity contribution < 1.29 is 14.6 Å². The van der Waals surface area contributed by atoms with Crippen molar-refractivity contribution >= 4 is 5.97 Å². The number of esters is 1. The largest absolute Gasteiger partial charge is 0.508 e. The zero-order chi connectivity index (χ0) is 13.4. The molecule has 1 rings (SSSR count). The van der Waals surface area contributed by atoms with Crippen LogP contribution in [0.15, 0.2) is 18.2 Å². The summed E-state index contributed by atoms with van der Waals surface area (Å²) >= 11 is 0. The lowest BCUT2D eigenvalue weighted by molar-refractivity contribution is 0.0689. The van der Waals surface area contributed by atoms with Gasteiger partial charge in [-0.3, -0.25) is 0 Å². The fourth-order valence-electron chi connectivity index (χ4n) is 1.35. The van der Waals surface area contributed by atoms with E-state index in [1.165, 1.54) is 18.2 Å². The number of carbonyl (C=O) groups is 1. The molecule has 0 amide bonds. The van der Waals surface area contributed by atoms with Gasteiger partial charge in [0.05, 0.1) is 5.56 Å². The van der Waals surface area contributed by atoms with Crippen molar-refractivity contribution in [3.63, 3.8) is 0 Å². The minimum absolute atomic E-state index is 0.0638. The van der Waals surface area contributed by atoms with Gasteiger partial charge in [-0.25, -0.2) is 4.79 Å². The normalized spacial score (nSPS) is 8.89. The Morgan fingerprint density at radius 1 is 1.50 bits per heavy atom. The third kappa shape index (κ3) is 3.88. The molecule has 0 bridgehead atoms. The van der Waals surface area contributed by atoms with Crippen LogP contribution in [0.25, 0.3) is 0 Å². The summed E-state index contributed by atoms with van der Waals surface area (Å²) in [6, 6.07) is 4.35. The van der Waals surface area contributed by atoms with Crippen molar-refractivity contribution in [2.24, 2.45) is 0 Å². The van der Waals surface area contributed by atoms with Gasteiger partial charge in [0, 0.05) is 12.8 Å². The molecule has 0 radical (unpaired) electrons. The number of phenolic OH excluding ortho intramolecular Hbond substituents is 1. The molecule has 0 saturated heterocycles. The first kappa shape index (κ1) is 13.7. The number of aromatic hydroxyl groups is 1. The van der Waals surface area contributed by atoms with E-state index in [9.17, 15) is 9.90 Å². The van der Waals surface area contributed by atoms with Crippen LogP contribution in [0.1, 0.15) is 35.7 Å². The lowest BCUT2D eigenvalue weighted by Gasteiger charge is -2.04. The van der Waals surface area contributed by atoms with E-state index in [1.807, 2.05) is 6.92 Å². The fourth-order valence-corrected chi connectivity index (χ4v) is 1.35. The Balaban J connectivity index is 2.86. The minimum atomic E-state index is -0.552. The van der Waals surface area contributed by atoms with Gasteiger partial charge in [-0.2, -0.15) is 0 Å². The highest BCUT2D eigenvalue weighted by Crippen LogP contribution is 2.18. The lowest BCUT2D eigenvalue weighted by Crippen LogP contribution is -2.05. The molecule has 0 fully saturated rings. The molecule has 0 heterocycles. The van der Waals surface area contributed by atoms with Crippen LogP contribution in [0.5, 0.6) is 5.75 Å². The van der Waals surface area contributed by atoms with Crippen LogP contribution in [-0.2, 0) is 11.2 Å². The number of phenols is 1. The third-order valence-corrected chi connectivity index (χ3v) is 2.19. The number of carbonyl (C=O) groups excluding carboxylic acids is 1. The van der Waals surface area contributed by atoms with E-state index in [0.717, 1.165) is 6.42 Å². The van der Waals surface area contributed by atoms with E-state index in [-0.39, 0.29) is 12.2 Å². The van der Waals surface area contributed by atoms with Gasteiger partial charge < -0.3 is 9.84 Å². The molecule has 0 unspecified atom stereocenters. The van der Waals surface area contributed by atoms with E-state index in [4.69, 9.17) is 11.2 Å². The molecule has 0 saturated carbocycles. The highest BCUT2D eigenvalue weighted by atomic mass is 16.5. The van der Waals surface area contributed by atoms with Gasteiger partial charge in [0.1, 0.15) is 11.9 Å². The summed E-state index contributed by atoms with van der Waals surface area (Å²) in [5, 5.41) is 9.34. The molecule has 1 N–H and O–H groups in total. The smallest absolute Gasteiger partial charge is 0.352 e. The standard InChI is InChI=1S/C15H14O3/c1-3-5-6-10-18-15(17)14-9-8-13(16)11-12(14)7-4-2/h2,8-9,11,16H,3,5,7H2,1H3. The quantitative estimate of drug-likeness (QED) is 0.654. The summed E-state index contributed by atoms with van der Waals surface area (Å²) < 4.78 is 4.81. The van der Waals surface area contributed by atoms with Crippen molar-refractivity contribution in [1.29, 1.82) is 0 Å². The second-order valence-corrected chi connectivity index (χ2v) is 3.64. The molecule has 0 aliphatic heterocycles. The average Bonchev–Trinajstić information content (AvgIpc) is 2.35. The third-order valence-electron chi connectivity index (χ3n) is 2.19. The van der Waals surface area contributed by atoms with Gasteiger partial charge >= 0.3 is 5.97 Å². The number of rotatable bonds is 3. The molecule has 92 valence electrons. The number of ether oxygens (including phenoxy) is 1. The summed E-state index contributed by atoms with van der Waals surface area (Å²) in [6.07, 6.45) is 9.40. The molecule has 0 aliphatic rings. The van der Waals surface area contributed by atoms with Gasteiger partial charge in [0.25, 0.3) is 0 Å². The van der Waals surface area contributed by atoms with Gasteiger partial charge in [0.2, 0.25) is 0 Å². The van der Waals surface area contributed by atoms with Crippen LogP contribution in [0.2, 0.25) is 0 Å². The lowest BCUT2D eigenvalue weighted by atomic mass is 10.0. The van der Waals surface area contributed by atoms with Crippen molar-refractivity contribution in [2.75, 3.05) is 0 Å². The molecule has 1 aromatic carbocycles. The molecule has 0 aromatic heterocycles. The molecular formula is C15H14O3. The number of hydrogen-bond donors (Lipinski definition) is 1. The summed E-state index contributed by atoms with van der Waals surface area (Å²) in [5.74, 6) is 4.66. The molecule has 3 nitrogen and oxygen atoms in total. The highest BCUT2D eigenvalue weighted by Gasteiger charge is 2.12. The Kier molecular flexibility index (Phi) is 5.35. The Morgan fingerprint density at radius 3 is 2.94 bits per heavy atom. The summed E-state index contributed by atoms with van der Waals surface area (Å²) in [6.45, 7) is 1.99. The summed E-state index contributed by atoms with van der Waals surface area (Å²) in [4.78, 5) is 11.7. The van der Waals surface area contributed by atoms with E-state index in [1.54, 1.807) is 0 Å². The molecule has 0 aliphatic carbocycles. The van der Waals surface area contributed by atoms with Crippen molar-refractivity contribution in [1.82, 2.24) is 0 Å². The topological polar surface area (TPSA) is 46.5 Å². The van der Waals surface area contributed by atoms with Crippen molar-refractivity contribution in [2.45, 2.75) is 26.2 Å². The zero-order valence-electron chi connectivity index (χ0n) is 10.2. The second kappa shape index (κ2) is 7.04. The van der Waals surface area contributed by atoms with Crippen LogP contribution in [0.3, 0.4) is 0 Å². The van der Waals surface area contributed by atoms with Gasteiger partial charge in [-0.1, -0.05) is 12.8 Å². The maximum atomic E-state index is 11.7. The number of hydrogen-bond acceptors (Lipinski definition) is 3. The van der Waals surface area contributed by atoms with Crippen LogP contribution in [0, 0.1) is 24.4 Å². The maximum Gasteiger partial charge on any atom is 0.352 e. The number of unbranched alkanes of at least 4 members (excludes halogenated alkanes) is 1. The first-order valence-corrected chi connectivity index (χ1v) is 5.63. The van der Waals surface area contributed by atoms with Crippen molar-refractivity contribution in [3.8, 4) is 30.1 Å². The highest BCUT2D eigenvalue weighted by molar-refractivity contribution is 5.92. The molecule has 1 aromatic rings. The second-order valence-electron chi connectivity index (χ2n) is 3.64. The monoisotopic (exact) mass is 242 g/mol. The predicted octanol–water partition coefficient (Wildman–Crippen LogP) is 2.49. The van der Waals surface area contributed by atoms with E-state index in [0.29, 0.717) is 17.5 Å². The van der Waals surface area contributed by atoms with E-state index >= 15 is 0 Å². The van der Waals surface area contributed by atoms with Gasteiger partial charge in [0.15, 0.2) is 0 Å². The van der Waals surface area contributed by atoms with E-state index < -0.39 is 5.97 Å². The van der Waals surface area contributed by atoms with Crippen LogP contribution < -0.4 is 0 Å². The number of terminal acetylenes is 1. The fraction of sp³-hybridized carbons (Fsp3) is 0.267. The number of benzene rings is 1. The van der Waals surface area contributed by atoms with Crippen LogP contribution in [0.4, 0.5) is 0 Å². The first-order valence-electron chi connectivity index (χ1n) is 5.63. The van der Waals surface area contributed by atoms with Crippen molar-refractivity contribution in [3.05, 3.63) is 29.3 Å². The summed E-state index contributed by atoms with van der Waals surface area (Å²) in [7, 11) is 0. The van der Waals surface area contributed by atoms with Gasteiger partial charge in [-0.05, 0) is 30.2 Å². The Labute approximate surface area is 107 Å².